The lowest BCUT2D eigenvalue weighted by Crippen LogP contribution is -2.32. The molecule has 0 aliphatic heterocycles. The lowest BCUT2D eigenvalue weighted by atomic mass is 10.1. The van der Waals surface area contributed by atoms with E-state index in [1.165, 1.54) is 10.7 Å². The van der Waals surface area contributed by atoms with Crippen LogP contribution in [0, 0.1) is 13.8 Å². The van der Waals surface area contributed by atoms with Crippen molar-refractivity contribution >= 4 is 5.91 Å². The highest BCUT2D eigenvalue weighted by atomic mass is 16.5. The second-order valence-corrected chi connectivity index (χ2v) is 7.38. The molecule has 0 saturated carbocycles. The Balaban J connectivity index is 1.39. The Kier molecular flexibility index (Phi) is 6.25. The summed E-state index contributed by atoms with van der Waals surface area (Å²) in [7, 11) is 1.60. The SMILES string of the molecule is COc1ccc(-c2ccc(=O)n(CCNC(=O)c3ccc(-n4nc(C)cc4C)nn3)n2)cc1. The summed E-state index contributed by atoms with van der Waals surface area (Å²) in [5.41, 5.74) is 3.22. The molecule has 1 aromatic carbocycles. The molecule has 4 aromatic rings. The van der Waals surface area contributed by atoms with Crippen molar-refractivity contribution in [3.05, 3.63) is 82.0 Å². The third-order valence-corrected chi connectivity index (χ3v) is 4.97. The van der Waals surface area contributed by atoms with E-state index in [0.29, 0.717) is 11.5 Å². The quantitative estimate of drug-likeness (QED) is 0.462. The molecule has 0 fully saturated rings. The first-order valence-corrected chi connectivity index (χ1v) is 10.3. The van der Waals surface area contributed by atoms with Gasteiger partial charge < -0.3 is 10.1 Å². The minimum Gasteiger partial charge on any atom is -0.497 e. The van der Waals surface area contributed by atoms with Gasteiger partial charge in [0.05, 0.1) is 25.0 Å². The number of nitrogens with one attached hydrogen (secondary N) is 1. The van der Waals surface area contributed by atoms with Gasteiger partial charge in [0.2, 0.25) is 0 Å². The van der Waals surface area contributed by atoms with Crippen LogP contribution in [0.4, 0.5) is 0 Å². The number of carbonyl (C=O) groups excluding carboxylic acids is 1. The predicted molar refractivity (Wildman–Crippen MR) is 121 cm³/mol. The Labute approximate surface area is 189 Å². The van der Waals surface area contributed by atoms with Crippen LogP contribution >= 0.6 is 0 Å². The standard InChI is InChI=1S/C23H23N7O3/c1-15-14-16(2)30(27-15)21-10-8-20(25-26-21)23(32)24-12-13-29-22(31)11-9-19(28-29)17-4-6-18(33-3)7-5-17/h4-11,14H,12-13H2,1-3H3,(H,24,32). The van der Waals surface area contributed by atoms with Crippen LogP contribution < -0.4 is 15.6 Å². The fourth-order valence-electron chi connectivity index (χ4n) is 3.31. The van der Waals surface area contributed by atoms with Gasteiger partial charge in [0.15, 0.2) is 11.5 Å². The third-order valence-electron chi connectivity index (χ3n) is 4.97. The van der Waals surface area contributed by atoms with Gasteiger partial charge in [0.1, 0.15) is 5.75 Å². The lowest BCUT2D eigenvalue weighted by Gasteiger charge is -2.09. The van der Waals surface area contributed by atoms with E-state index in [9.17, 15) is 9.59 Å². The molecule has 0 aliphatic rings. The molecule has 0 atom stereocenters. The maximum Gasteiger partial charge on any atom is 0.271 e. The van der Waals surface area contributed by atoms with Gasteiger partial charge in [-0.3, -0.25) is 9.59 Å². The molecule has 10 nitrogen and oxygen atoms in total. The monoisotopic (exact) mass is 445 g/mol. The molecule has 3 aromatic heterocycles. The van der Waals surface area contributed by atoms with Crippen LogP contribution in [0.2, 0.25) is 0 Å². The second kappa shape index (κ2) is 9.43. The molecule has 168 valence electrons. The van der Waals surface area contributed by atoms with Gasteiger partial charge in [-0.2, -0.15) is 10.2 Å². The lowest BCUT2D eigenvalue weighted by molar-refractivity contribution is 0.0945. The van der Waals surface area contributed by atoms with E-state index in [0.717, 1.165) is 22.7 Å². The molecule has 1 amide bonds. The summed E-state index contributed by atoms with van der Waals surface area (Å²) >= 11 is 0. The smallest absolute Gasteiger partial charge is 0.271 e. The summed E-state index contributed by atoms with van der Waals surface area (Å²) < 4.78 is 8.15. The van der Waals surface area contributed by atoms with Crippen LogP contribution in [0.5, 0.6) is 5.75 Å². The van der Waals surface area contributed by atoms with Gasteiger partial charge in [-0.15, -0.1) is 10.2 Å². The second-order valence-electron chi connectivity index (χ2n) is 7.38. The van der Waals surface area contributed by atoms with Gasteiger partial charge in [0.25, 0.3) is 11.5 Å². The van der Waals surface area contributed by atoms with Gasteiger partial charge in [-0.25, -0.2) is 9.36 Å². The highest BCUT2D eigenvalue weighted by Gasteiger charge is 2.11. The molecular weight excluding hydrogens is 422 g/mol. The minimum atomic E-state index is -0.387. The third kappa shape index (κ3) is 4.95. The van der Waals surface area contributed by atoms with Crippen LogP contribution in [-0.2, 0) is 6.54 Å². The number of aryl methyl sites for hydroxylation is 2. The number of benzene rings is 1. The molecule has 0 unspecified atom stereocenters. The topological polar surface area (TPSA) is 117 Å². The Morgan fingerprint density at radius 2 is 1.79 bits per heavy atom. The van der Waals surface area contributed by atoms with Crippen molar-refractivity contribution < 1.29 is 9.53 Å². The van der Waals surface area contributed by atoms with Crippen LogP contribution in [-0.4, -0.2) is 49.3 Å². The molecule has 1 N–H and O–H groups in total. The number of amides is 1. The van der Waals surface area contributed by atoms with Gasteiger partial charge in [-0.1, -0.05) is 0 Å². The average molecular weight is 445 g/mol. The number of carbonyl (C=O) groups is 1. The average Bonchev–Trinajstić information content (AvgIpc) is 3.18. The molecule has 0 spiro atoms. The molecule has 4 rings (SSSR count). The number of hydrogen-bond acceptors (Lipinski definition) is 7. The van der Waals surface area contributed by atoms with E-state index in [-0.39, 0.29) is 30.2 Å². The van der Waals surface area contributed by atoms with E-state index >= 15 is 0 Å². The van der Waals surface area contributed by atoms with Crippen molar-refractivity contribution in [1.82, 2.24) is 35.1 Å². The molecular formula is C23H23N7O3. The van der Waals surface area contributed by atoms with E-state index < -0.39 is 0 Å². The normalized spacial score (nSPS) is 10.8. The Morgan fingerprint density at radius 1 is 1.00 bits per heavy atom. The Bertz CT molecular complexity index is 1330. The summed E-state index contributed by atoms with van der Waals surface area (Å²) in [6.07, 6.45) is 0. The summed E-state index contributed by atoms with van der Waals surface area (Å²) in [6, 6.07) is 15.7. The summed E-state index contributed by atoms with van der Waals surface area (Å²) in [6.45, 7) is 4.23. The van der Waals surface area contributed by atoms with E-state index in [2.05, 4.69) is 25.7 Å². The van der Waals surface area contributed by atoms with Crippen molar-refractivity contribution in [2.45, 2.75) is 20.4 Å². The van der Waals surface area contributed by atoms with Gasteiger partial charge in [-0.05, 0) is 62.4 Å². The van der Waals surface area contributed by atoms with Crippen molar-refractivity contribution in [3.8, 4) is 22.8 Å². The van der Waals surface area contributed by atoms with Crippen LogP contribution in [0.3, 0.4) is 0 Å². The summed E-state index contributed by atoms with van der Waals surface area (Å²) in [5.74, 6) is 0.880. The van der Waals surface area contributed by atoms with Crippen molar-refractivity contribution in [2.24, 2.45) is 0 Å². The minimum absolute atomic E-state index is 0.174. The van der Waals surface area contributed by atoms with Crippen LogP contribution in [0.15, 0.2) is 59.4 Å². The molecule has 33 heavy (non-hydrogen) atoms. The maximum absolute atomic E-state index is 12.4. The van der Waals surface area contributed by atoms with Gasteiger partial charge >= 0.3 is 0 Å². The van der Waals surface area contributed by atoms with E-state index in [1.807, 2.05) is 44.2 Å². The predicted octanol–water partition coefficient (Wildman–Crippen LogP) is 1.94. The zero-order chi connectivity index (χ0) is 23.4. The van der Waals surface area contributed by atoms with Crippen molar-refractivity contribution in [3.63, 3.8) is 0 Å². The molecule has 0 aliphatic carbocycles. The fraction of sp³-hybridized carbons (Fsp3) is 0.217. The molecule has 10 heteroatoms. The van der Waals surface area contributed by atoms with Crippen molar-refractivity contribution in [1.29, 1.82) is 0 Å². The zero-order valence-electron chi connectivity index (χ0n) is 18.5. The number of ether oxygens (including phenoxy) is 1. The Morgan fingerprint density at radius 3 is 2.42 bits per heavy atom. The van der Waals surface area contributed by atoms with Crippen LogP contribution in [0.25, 0.3) is 17.1 Å². The molecule has 0 radical (unpaired) electrons. The summed E-state index contributed by atoms with van der Waals surface area (Å²) in [4.78, 5) is 24.6. The maximum atomic E-state index is 12.4. The molecule has 0 saturated heterocycles. The fourth-order valence-corrected chi connectivity index (χ4v) is 3.31. The first kappa shape index (κ1) is 21.9. The zero-order valence-corrected chi connectivity index (χ0v) is 18.5. The summed E-state index contributed by atoms with van der Waals surface area (Å²) in [5, 5.41) is 19.6. The van der Waals surface area contributed by atoms with E-state index in [4.69, 9.17) is 4.74 Å². The highest BCUT2D eigenvalue weighted by Crippen LogP contribution is 2.19. The highest BCUT2D eigenvalue weighted by molar-refractivity contribution is 5.92. The molecule has 0 bridgehead atoms. The number of hydrogen-bond donors (Lipinski definition) is 1. The first-order valence-electron chi connectivity index (χ1n) is 10.3. The van der Waals surface area contributed by atoms with E-state index in [1.54, 1.807) is 30.0 Å². The van der Waals surface area contributed by atoms with Crippen LogP contribution in [0.1, 0.15) is 21.9 Å². The number of rotatable bonds is 7. The van der Waals surface area contributed by atoms with Crippen molar-refractivity contribution in [2.75, 3.05) is 13.7 Å². The number of nitrogens with zero attached hydrogens (tertiary/aromatic N) is 6. The Hall–Kier alpha value is -4.34. The number of methoxy groups -OCH3 is 1. The molecule has 3 heterocycles. The van der Waals surface area contributed by atoms with Gasteiger partial charge in [0, 0.05) is 23.9 Å². The largest absolute Gasteiger partial charge is 0.497 e. The first-order chi connectivity index (χ1) is 15.9. The number of aromatic nitrogens is 6.